The Labute approximate surface area is 123 Å². The Balaban J connectivity index is 2.30. The van der Waals surface area contributed by atoms with Crippen LogP contribution >= 0.6 is 11.6 Å². The van der Waals surface area contributed by atoms with E-state index in [4.69, 9.17) is 15.8 Å². The molecule has 0 N–H and O–H groups in total. The number of hydrogen-bond acceptors (Lipinski definition) is 4. The lowest BCUT2D eigenvalue weighted by Crippen LogP contribution is -2.11. The third-order valence-corrected chi connectivity index (χ3v) is 3.93. The lowest BCUT2D eigenvalue weighted by atomic mass is 10.2. The lowest BCUT2D eigenvalue weighted by Gasteiger charge is -2.09. The molecule has 112 valence electrons. The standard InChI is InChI=1S/C12H7ClF3NO3S/c13-11-10(2-1-7-17-11)20-21(18,19)9-5-3-8(4-6-9)12(14,15)16/h1-7H. The Morgan fingerprint density at radius 1 is 1.10 bits per heavy atom. The van der Waals surface area contributed by atoms with Gasteiger partial charge in [0.1, 0.15) is 4.90 Å². The van der Waals surface area contributed by atoms with Gasteiger partial charge in [0.05, 0.1) is 5.56 Å². The highest BCUT2D eigenvalue weighted by atomic mass is 35.5. The van der Waals surface area contributed by atoms with Crippen molar-refractivity contribution < 1.29 is 25.8 Å². The molecule has 9 heteroatoms. The van der Waals surface area contributed by atoms with Crippen molar-refractivity contribution >= 4 is 21.7 Å². The van der Waals surface area contributed by atoms with Crippen molar-refractivity contribution in [2.75, 3.05) is 0 Å². The average Bonchev–Trinajstić information content (AvgIpc) is 2.40. The normalized spacial score (nSPS) is 12.2. The highest BCUT2D eigenvalue weighted by molar-refractivity contribution is 7.87. The number of pyridine rings is 1. The van der Waals surface area contributed by atoms with E-state index in [9.17, 15) is 21.6 Å². The van der Waals surface area contributed by atoms with Gasteiger partial charge in [-0.1, -0.05) is 11.6 Å². The number of hydrogen-bond donors (Lipinski definition) is 0. The van der Waals surface area contributed by atoms with Crippen LogP contribution in [0.5, 0.6) is 5.75 Å². The van der Waals surface area contributed by atoms with Crippen molar-refractivity contribution in [2.45, 2.75) is 11.1 Å². The topological polar surface area (TPSA) is 56.3 Å². The SMILES string of the molecule is O=S(=O)(Oc1cccnc1Cl)c1ccc(C(F)(F)F)cc1. The maximum Gasteiger partial charge on any atom is 0.416 e. The van der Waals surface area contributed by atoms with Gasteiger partial charge < -0.3 is 4.18 Å². The summed E-state index contributed by atoms with van der Waals surface area (Å²) in [5, 5.41) is -0.173. The van der Waals surface area contributed by atoms with E-state index in [0.717, 1.165) is 12.1 Å². The van der Waals surface area contributed by atoms with E-state index in [1.165, 1.54) is 18.3 Å². The molecule has 0 aliphatic carbocycles. The molecule has 2 rings (SSSR count). The van der Waals surface area contributed by atoms with E-state index in [0.29, 0.717) is 12.1 Å². The molecular formula is C12H7ClF3NO3S. The van der Waals surface area contributed by atoms with Gasteiger partial charge in [0.25, 0.3) is 0 Å². The zero-order chi connectivity index (χ0) is 15.7. The molecule has 0 amide bonds. The van der Waals surface area contributed by atoms with Gasteiger partial charge in [-0.25, -0.2) is 4.98 Å². The first kappa shape index (κ1) is 15.6. The summed E-state index contributed by atoms with van der Waals surface area (Å²) in [6.07, 6.45) is -3.21. The summed E-state index contributed by atoms with van der Waals surface area (Å²) < 4.78 is 65.8. The predicted molar refractivity (Wildman–Crippen MR) is 68.5 cm³/mol. The number of nitrogens with zero attached hydrogens (tertiary/aromatic N) is 1. The first-order valence-corrected chi connectivity index (χ1v) is 7.21. The highest BCUT2D eigenvalue weighted by Crippen LogP contribution is 2.30. The fourth-order valence-electron chi connectivity index (χ4n) is 1.41. The number of benzene rings is 1. The van der Waals surface area contributed by atoms with Gasteiger partial charge in [0.2, 0.25) is 0 Å². The van der Waals surface area contributed by atoms with Crippen molar-refractivity contribution in [1.29, 1.82) is 0 Å². The summed E-state index contributed by atoms with van der Waals surface area (Å²) in [6.45, 7) is 0. The molecule has 1 heterocycles. The summed E-state index contributed by atoms with van der Waals surface area (Å²) in [6, 6.07) is 5.60. The van der Waals surface area contributed by atoms with Crippen LogP contribution in [0.3, 0.4) is 0 Å². The Morgan fingerprint density at radius 3 is 2.24 bits per heavy atom. The van der Waals surface area contributed by atoms with E-state index < -0.39 is 26.8 Å². The van der Waals surface area contributed by atoms with E-state index in [1.807, 2.05) is 0 Å². The van der Waals surface area contributed by atoms with Crippen molar-refractivity contribution in [3.63, 3.8) is 0 Å². The van der Waals surface area contributed by atoms with Crippen LogP contribution in [-0.4, -0.2) is 13.4 Å². The number of halogens is 4. The van der Waals surface area contributed by atoms with Crippen LogP contribution in [0.2, 0.25) is 5.15 Å². The monoisotopic (exact) mass is 337 g/mol. The second kappa shape index (κ2) is 5.53. The smallest absolute Gasteiger partial charge is 0.376 e. The van der Waals surface area contributed by atoms with Crippen molar-refractivity contribution in [2.24, 2.45) is 0 Å². The van der Waals surface area contributed by atoms with Crippen LogP contribution < -0.4 is 4.18 Å². The Bertz CT molecular complexity index is 745. The Hall–Kier alpha value is -1.80. The van der Waals surface area contributed by atoms with Crippen LogP contribution in [0, 0.1) is 0 Å². The zero-order valence-electron chi connectivity index (χ0n) is 10.1. The van der Waals surface area contributed by atoms with E-state index in [2.05, 4.69) is 4.98 Å². The lowest BCUT2D eigenvalue weighted by molar-refractivity contribution is -0.137. The van der Waals surface area contributed by atoms with Gasteiger partial charge >= 0.3 is 16.3 Å². The second-order valence-corrected chi connectivity index (χ2v) is 5.76. The van der Waals surface area contributed by atoms with Gasteiger partial charge in [0, 0.05) is 6.20 Å². The van der Waals surface area contributed by atoms with Crippen LogP contribution in [0.25, 0.3) is 0 Å². The molecule has 0 fully saturated rings. The minimum Gasteiger partial charge on any atom is -0.376 e. The molecule has 2 aromatic rings. The summed E-state index contributed by atoms with van der Waals surface area (Å²) in [5.41, 5.74) is -0.958. The fraction of sp³-hybridized carbons (Fsp3) is 0.0833. The van der Waals surface area contributed by atoms with Gasteiger partial charge in [-0.15, -0.1) is 0 Å². The molecular weight excluding hydrogens is 331 g/mol. The molecule has 0 saturated heterocycles. The third kappa shape index (κ3) is 3.64. The number of alkyl halides is 3. The molecule has 0 radical (unpaired) electrons. The molecule has 1 aromatic heterocycles. The maximum absolute atomic E-state index is 12.4. The predicted octanol–water partition coefficient (Wildman–Crippen LogP) is 3.52. The van der Waals surface area contributed by atoms with Gasteiger partial charge in [-0.2, -0.15) is 21.6 Å². The molecule has 21 heavy (non-hydrogen) atoms. The zero-order valence-corrected chi connectivity index (χ0v) is 11.7. The van der Waals surface area contributed by atoms with Gasteiger partial charge in [-0.05, 0) is 36.4 Å². The largest absolute Gasteiger partial charge is 0.416 e. The molecule has 1 aromatic carbocycles. The fourth-order valence-corrected chi connectivity index (χ4v) is 2.55. The Morgan fingerprint density at radius 2 is 1.71 bits per heavy atom. The van der Waals surface area contributed by atoms with Crippen LogP contribution in [0.1, 0.15) is 5.56 Å². The molecule has 0 aliphatic rings. The van der Waals surface area contributed by atoms with Crippen LogP contribution in [-0.2, 0) is 16.3 Å². The molecule has 0 bridgehead atoms. The van der Waals surface area contributed by atoms with Crippen LogP contribution in [0.4, 0.5) is 13.2 Å². The van der Waals surface area contributed by atoms with E-state index in [-0.39, 0.29) is 10.9 Å². The summed E-state index contributed by atoms with van der Waals surface area (Å²) in [7, 11) is -4.29. The highest BCUT2D eigenvalue weighted by Gasteiger charge is 2.31. The number of aromatic nitrogens is 1. The average molecular weight is 338 g/mol. The van der Waals surface area contributed by atoms with Crippen molar-refractivity contribution in [3.05, 3.63) is 53.3 Å². The summed E-state index contributed by atoms with van der Waals surface area (Å²) >= 11 is 5.65. The summed E-state index contributed by atoms with van der Waals surface area (Å²) in [5.74, 6) is -0.209. The minimum atomic E-state index is -4.55. The first-order chi connectivity index (χ1) is 9.70. The molecule has 0 saturated carbocycles. The van der Waals surface area contributed by atoms with E-state index in [1.54, 1.807) is 0 Å². The molecule has 4 nitrogen and oxygen atoms in total. The molecule has 0 aliphatic heterocycles. The minimum absolute atomic E-state index is 0.173. The maximum atomic E-state index is 12.4. The first-order valence-electron chi connectivity index (χ1n) is 5.42. The summed E-state index contributed by atoms with van der Waals surface area (Å²) in [4.78, 5) is 3.21. The van der Waals surface area contributed by atoms with Crippen LogP contribution in [0.15, 0.2) is 47.5 Å². The molecule has 0 spiro atoms. The van der Waals surface area contributed by atoms with E-state index >= 15 is 0 Å². The van der Waals surface area contributed by atoms with Gasteiger partial charge in [0.15, 0.2) is 10.9 Å². The number of rotatable bonds is 3. The Kier molecular flexibility index (Phi) is 4.11. The molecule has 0 atom stereocenters. The molecule has 0 unspecified atom stereocenters. The van der Waals surface area contributed by atoms with Gasteiger partial charge in [-0.3, -0.25) is 0 Å². The van der Waals surface area contributed by atoms with Crippen molar-refractivity contribution in [1.82, 2.24) is 4.98 Å². The van der Waals surface area contributed by atoms with Crippen molar-refractivity contribution in [3.8, 4) is 5.75 Å². The second-order valence-electron chi connectivity index (χ2n) is 3.85. The quantitative estimate of drug-likeness (QED) is 0.635. The third-order valence-electron chi connectivity index (χ3n) is 2.39.